The molecule has 0 radical (unpaired) electrons. The number of Topliss-reactive ketones (excluding diaryl/α,β-unsaturated/α-hetero) is 2. The first-order valence-electron chi connectivity index (χ1n) is 5.55. The molecule has 16 heavy (non-hydrogen) atoms. The third-order valence-corrected chi connectivity index (χ3v) is 3.34. The molecule has 0 bridgehead atoms. The maximum Gasteiger partial charge on any atom is 0.316 e. The summed E-state index contributed by atoms with van der Waals surface area (Å²) in [6.45, 7) is 5.44. The van der Waals surface area contributed by atoms with Crippen molar-refractivity contribution in [2.45, 2.75) is 27.2 Å². The van der Waals surface area contributed by atoms with Crippen molar-refractivity contribution >= 4 is 17.5 Å². The average Bonchev–Trinajstić information content (AvgIpc) is 2.25. The van der Waals surface area contributed by atoms with Gasteiger partial charge in [-0.15, -0.1) is 0 Å². The molecule has 90 valence electrons. The Hall–Kier alpha value is -1.19. The van der Waals surface area contributed by atoms with Gasteiger partial charge in [0.2, 0.25) is 0 Å². The fourth-order valence-corrected chi connectivity index (χ4v) is 2.20. The second kappa shape index (κ2) is 4.76. The van der Waals surface area contributed by atoms with E-state index in [9.17, 15) is 14.4 Å². The van der Waals surface area contributed by atoms with Crippen LogP contribution in [0.3, 0.4) is 0 Å². The van der Waals surface area contributed by atoms with Crippen LogP contribution in [-0.2, 0) is 19.1 Å². The van der Waals surface area contributed by atoms with Gasteiger partial charge in [0.05, 0.1) is 13.0 Å². The Morgan fingerprint density at radius 2 is 1.88 bits per heavy atom. The predicted molar refractivity (Wildman–Crippen MR) is 57.6 cm³/mol. The number of rotatable bonds is 2. The molecule has 1 fully saturated rings. The van der Waals surface area contributed by atoms with Crippen LogP contribution in [0.25, 0.3) is 0 Å². The number of carbonyl (C=O) groups excluding carboxylic acids is 3. The van der Waals surface area contributed by atoms with Gasteiger partial charge in [-0.2, -0.15) is 0 Å². The molecule has 4 nitrogen and oxygen atoms in total. The minimum atomic E-state index is -0.759. The van der Waals surface area contributed by atoms with E-state index in [1.807, 2.05) is 13.8 Å². The van der Waals surface area contributed by atoms with Gasteiger partial charge in [-0.3, -0.25) is 14.4 Å². The summed E-state index contributed by atoms with van der Waals surface area (Å²) in [5.41, 5.74) is 0. The Kier molecular flexibility index (Phi) is 3.83. The molecule has 0 aromatic carbocycles. The zero-order valence-electron chi connectivity index (χ0n) is 10.1. The zero-order valence-corrected chi connectivity index (χ0v) is 10.1. The lowest BCUT2D eigenvalue weighted by Crippen LogP contribution is -2.44. The Bertz CT molecular complexity index is 319. The van der Waals surface area contributed by atoms with Gasteiger partial charge in [0, 0.05) is 5.92 Å². The van der Waals surface area contributed by atoms with Crippen molar-refractivity contribution < 1.29 is 19.1 Å². The third-order valence-electron chi connectivity index (χ3n) is 3.34. The van der Waals surface area contributed by atoms with Crippen LogP contribution < -0.4 is 0 Å². The molecule has 3 unspecified atom stereocenters. The van der Waals surface area contributed by atoms with Gasteiger partial charge < -0.3 is 4.74 Å². The molecule has 0 aromatic heterocycles. The summed E-state index contributed by atoms with van der Waals surface area (Å²) in [6, 6.07) is 0. The Morgan fingerprint density at radius 1 is 1.31 bits per heavy atom. The number of hydrogen-bond donors (Lipinski definition) is 0. The maximum atomic E-state index is 11.9. The molecule has 0 spiro atoms. The summed E-state index contributed by atoms with van der Waals surface area (Å²) in [6.07, 6.45) is 0.298. The standard InChI is InChI=1S/C12H18O4/c1-6(2)8-5-9(12(15)16-4)11(14)7(3)10(8)13/h6-9H,5H2,1-4H3. The highest BCUT2D eigenvalue weighted by Crippen LogP contribution is 2.32. The quantitative estimate of drug-likeness (QED) is 0.525. The smallest absolute Gasteiger partial charge is 0.316 e. The van der Waals surface area contributed by atoms with Crippen LogP contribution in [0, 0.1) is 23.7 Å². The average molecular weight is 226 g/mol. The second-order valence-electron chi connectivity index (χ2n) is 4.69. The lowest BCUT2D eigenvalue weighted by molar-refractivity contribution is -0.155. The highest BCUT2D eigenvalue weighted by Gasteiger charge is 2.44. The predicted octanol–water partition coefficient (Wildman–Crippen LogP) is 1.23. The van der Waals surface area contributed by atoms with Crippen molar-refractivity contribution in [2.75, 3.05) is 7.11 Å². The molecule has 1 aliphatic carbocycles. The number of hydrogen-bond acceptors (Lipinski definition) is 4. The normalized spacial score (nSPS) is 30.7. The number of ether oxygens (including phenoxy) is 1. The van der Waals surface area contributed by atoms with Gasteiger partial charge in [-0.1, -0.05) is 13.8 Å². The summed E-state index contributed by atoms with van der Waals surface area (Å²) in [5.74, 6) is -2.36. The van der Waals surface area contributed by atoms with E-state index in [1.54, 1.807) is 6.92 Å². The fraction of sp³-hybridized carbons (Fsp3) is 0.750. The first kappa shape index (κ1) is 12.9. The van der Waals surface area contributed by atoms with E-state index < -0.39 is 17.8 Å². The summed E-state index contributed by atoms with van der Waals surface area (Å²) in [5, 5.41) is 0. The Balaban J connectivity index is 2.94. The Morgan fingerprint density at radius 3 is 2.31 bits per heavy atom. The molecule has 1 saturated carbocycles. The number of esters is 1. The molecule has 1 aliphatic rings. The molecule has 4 heteroatoms. The zero-order chi connectivity index (χ0) is 12.5. The van der Waals surface area contributed by atoms with Crippen molar-refractivity contribution in [1.82, 2.24) is 0 Å². The van der Waals surface area contributed by atoms with Crippen LogP contribution in [0.5, 0.6) is 0 Å². The van der Waals surface area contributed by atoms with E-state index >= 15 is 0 Å². The van der Waals surface area contributed by atoms with Gasteiger partial charge in [0.1, 0.15) is 11.7 Å². The van der Waals surface area contributed by atoms with Crippen LogP contribution in [0.2, 0.25) is 0 Å². The van der Waals surface area contributed by atoms with Crippen LogP contribution in [-0.4, -0.2) is 24.6 Å². The lowest BCUT2D eigenvalue weighted by atomic mass is 9.70. The van der Waals surface area contributed by atoms with Crippen molar-refractivity contribution in [3.05, 3.63) is 0 Å². The van der Waals surface area contributed by atoms with Gasteiger partial charge in [0.15, 0.2) is 5.78 Å². The first-order valence-corrected chi connectivity index (χ1v) is 5.55. The van der Waals surface area contributed by atoms with Crippen molar-refractivity contribution in [2.24, 2.45) is 23.7 Å². The monoisotopic (exact) mass is 226 g/mol. The molecule has 0 amide bonds. The summed E-state index contributed by atoms with van der Waals surface area (Å²) < 4.78 is 4.60. The third kappa shape index (κ3) is 2.15. The second-order valence-corrected chi connectivity index (χ2v) is 4.69. The number of methoxy groups -OCH3 is 1. The highest BCUT2D eigenvalue weighted by atomic mass is 16.5. The number of ketones is 2. The maximum absolute atomic E-state index is 11.9. The molecule has 0 saturated heterocycles. The van der Waals surface area contributed by atoms with E-state index in [2.05, 4.69) is 4.74 Å². The van der Waals surface area contributed by atoms with Crippen LogP contribution >= 0.6 is 0 Å². The molecule has 3 atom stereocenters. The highest BCUT2D eigenvalue weighted by molar-refractivity contribution is 6.12. The lowest BCUT2D eigenvalue weighted by Gasteiger charge is -2.31. The molecule has 0 heterocycles. The molecular weight excluding hydrogens is 208 g/mol. The molecule has 0 aromatic rings. The van der Waals surface area contributed by atoms with Crippen molar-refractivity contribution in [1.29, 1.82) is 0 Å². The summed E-state index contributed by atoms with van der Waals surface area (Å²) >= 11 is 0. The van der Waals surface area contributed by atoms with E-state index in [1.165, 1.54) is 7.11 Å². The molecule has 0 N–H and O–H groups in total. The van der Waals surface area contributed by atoms with E-state index in [4.69, 9.17) is 0 Å². The van der Waals surface area contributed by atoms with Crippen LogP contribution in [0.4, 0.5) is 0 Å². The number of carbonyl (C=O) groups is 3. The van der Waals surface area contributed by atoms with E-state index in [-0.39, 0.29) is 23.4 Å². The van der Waals surface area contributed by atoms with Crippen LogP contribution in [0.15, 0.2) is 0 Å². The topological polar surface area (TPSA) is 60.4 Å². The van der Waals surface area contributed by atoms with Gasteiger partial charge in [0.25, 0.3) is 0 Å². The first-order chi connectivity index (χ1) is 7.40. The van der Waals surface area contributed by atoms with Gasteiger partial charge >= 0.3 is 5.97 Å². The van der Waals surface area contributed by atoms with Crippen molar-refractivity contribution in [3.8, 4) is 0 Å². The van der Waals surface area contributed by atoms with E-state index in [0.29, 0.717) is 6.42 Å². The molecular formula is C12H18O4. The van der Waals surface area contributed by atoms with Gasteiger partial charge in [-0.05, 0) is 19.3 Å². The molecule has 1 rings (SSSR count). The van der Waals surface area contributed by atoms with Crippen molar-refractivity contribution in [3.63, 3.8) is 0 Å². The summed E-state index contributed by atoms with van der Waals surface area (Å²) in [7, 11) is 1.26. The largest absolute Gasteiger partial charge is 0.468 e. The van der Waals surface area contributed by atoms with Gasteiger partial charge in [-0.25, -0.2) is 0 Å². The van der Waals surface area contributed by atoms with Crippen LogP contribution in [0.1, 0.15) is 27.2 Å². The summed E-state index contributed by atoms with van der Waals surface area (Å²) in [4.78, 5) is 35.1. The minimum Gasteiger partial charge on any atom is -0.468 e. The fourth-order valence-electron chi connectivity index (χ4n) is 2.20. The molecule has 0 aliphatic heterocycles. The SMILES string of the molecule is COC(=O)C1CC(C(C)C)C(=O)C(C)C1=O. The Labute approximate surface area is 95.3 Å². The minimum absolute atomic E-state index is 0.0415. The van der Waals surface area contributed by atoms with E-state index in [0.717, 1.165) is 0 Å².